The van der Waals surface area contributed by atoms with E-state index in [4.69, 9.17) is 9.47 Å². The summed E-state index contributed by atoms with van der Waals surface area (Å²) in [4.78, 5) is 35.4. The standard InChI is InChI=1S/C43H43N7O4/c1-29-39(27-49-19-21-50(22-20-49)43-44-17-6-18-45-43)53-42(54-40(29)32-15-13-30(28-51)14-16-32)35-10-5-9-34(24-35)33-8-4-7-31(23-33)25-47-41(52)38-26-46-36-11-2-3-12-37(36)48-38/h2-18,23-24,26,29,39-40,42,51H,19-22,25,27-28H2,1H3,(H,47,52)/t29-,39+,40+,42+/m1/s1. The van der Waals surface area contributed by atoms with Crippen molar-refractivity contribution in [1.29, 1.82) is 0 Å². The van der Waals surface area contributed by atoms with Crippen LogP contribution in [-0.4, -0.2) is 74.7 Å². The zero-order valence-corrected chi connectivity index (χ0v) is 30.2. The van der Waals surface area contributed by atoms with E-state index in [9.17, 15) is 9.90 Å². The molecule has 11 heteroatoms. The van der Waals surface area contributed by atoms with Gasteiger partial charge in [-0.25, -0.2) is 15.0 Å². The summed E-state index contributed by atoms with van der Waals surface area (Å²) in [5, 5.41) is 12.7. The number of rotatable bonds is 10. The lowest BCUT2D eigenvalue weighted by Crippen LogP contribution is -2.51. The normalized spacial score (nSPS) is 20.5. The molecule has 0 saturated carbocycles. The van der Waals surface area contributed by atoms with Crippen molar-refractivity contribution in [3.8, 4) is 11.1 Å². The lowest BCUT2D eigenvalue weighted by molar-refractivity contribution is -0.276. The predicted molar refractivity (Wildman–Crippen MR) is 206 cm³/mol. The molecule has 8 rings (SSSR count). The number of aliphatic hydroxyl groups excluding tert-OH is 1. The molecular formula is C43H43N7O4. The third-order valence-corrected chi connectivity index (χ3v) is 10.3. The second-order valence-corrected chi connectivity index (χ2v) is 13.9. The molecule has 0 bridgehead atoms. The summed E-state index contributed by atoms with van der Waals surface area (Å²) in [6.45, 7) is 6.77. The molecule has 11 nitrogen and oxygen atoms in total. The van der Waals surface area contributed by atoms with Gasteiger partial charge in [-0.05, 0) is 58.1 Å². The Kier molecular flexibility index (Phi) is 10.6. The van der Waals surface area contributed by atoms with Crippen molar-refractivity contribution in [2.24, 2.45) is 5.92 Å². The molecule has 0 unspecified atom stereocenters. The highest BCUT2D eigenvalue weighted by Crippen LogP contribution is 2.42. The van der Waals surface area contributed by atoms with Crippen LogP contribution in [0.2, 0.25) is 0 Å². The number of nitrogens with zero attached hydrogens (tertiary/aromatic N) is 6. The fourth-order valence-corrected chi connectivity index (χ4v) is 7.23. The first kappa shape index (κ1) is 35.4. The molecule has 54 heavy (non-hydrogen) atoms. The van der Waals surface area contributed by atoms with Gasteiger partial charge in [0.2, 0.25) is 5.95 Å². The molecule has 2 N–H and O–H groups in total. The molecule has 6 aromatic rings. The maximum atomic E-state index is 13.0. The first-order valence-electron chi connectivity index (χ1n) is 18.4. The average molecular weight is 722 g/mol. The number of carbonyl (C=O) groups excluding carboxylic acids is 1. The van der Waals surface area contributed by atoms with Gasteiger partial charge in [0.25, 0.3) is 5.91 Å². The van der Waals surface area contributed by atoms with Gasteiger partial charge < -0.3 is 24.8 Å². The second kappa shape index (κ2) is 16.2. The zero-order valence-electron chi connectivity index (χ0n) is 30.2. The minimum Gasteiger partial charge on any atom is -0.392 e. The number of benzene rings is 4. The molecule has 1 amide bonds. The van der Waals surface area contributed by atoms with E-state index in [0.717, 1.165) is 77.6 Å². The lowest BCUT2D eigenvalue weighted by Gasteiger charge is -2.44. The number of carbonyl (C=O) groups is 1. The minimum atomic E-state index is -0.585. The predicted octanol–water partition coefficient (Wildman–Crippen LogP) is 6.12. The quantitative estimate of drug-likeness (QED) is 0.171. The monoisotopic (exact) mass is 721 g/mol. The van der Waals surface area contributed by atoms with Crippen molar-refractivity contribution in [2.45, 2.75) is 38.6 Å². The maximum absolute atomic E-state index is 13.0. The Morgan fingerprint density at radius 3 is 2.30 bits per heavy atom. The van der Waals surface area contributed by atoms with Crippen LogP contribution in [0.3, 0.4) is 0 Å². The van der Waals surface area contributed by atoms with E-state index in [2.05, 4.69) is 84.4 Å². The summed E-state index contributed by atoms with van der Waals surface area (Å²) >= 11 is 0. The third-order valence-electron chi connectivity index (χ3n) is 10.3. The van der Waals surface area contributed by atoms with Crippen molar-refractivity contribution in [3.63, 3.8) is 0 Å². The van der Waals surface area contributed by atoms with Crippen LogP contribution in [0.15, 0.2) is 122 Å². The lowest BCUT2D eigenvalue weighted by atomic mass is 9.89. The summed E-state index contributed by atoms with van der Waals surface area (Å²) in [7, 11) is 0. The van der Waals surface area contributed by atoms with Crippen LogP contribution in [0.4, 0.5) is 5.95 Å². The molecule has 0 radical (unpaired) electrons. The minimum absolute atomic E-state index is 0.00474. The number of aliphatic hydroxyl groups is 1. The SMILES string of the molecule is C[C@@H]1[C@H](CN2CCN(c3ncccn3)CC2)O[C@H](c2cccc(-c3cccc(CNC(=O)c4cnc5ccccc5n4)c3)c2)O[C@@H]1c1ccc(CO)cc1. The summed E-state index contributed by atoms with van der Waals surface area (Å²) in [5.74, 6) is 0.571. The van der Waals surface area contributed by atoms with Gasteiger partial charge in [-0.3, -0.25) is 14.7 Å². The van der Waals surface area contributed by atoms with Gasteiger partial charge in [0.15, 0.2) is 6.29 Å². The second-order valence-electron chi connectivity index (χ2n) is 13.9. The number of amides is 1. The van der Waals surface area contributed by atoms with E-state index in [1.54, 1.807) is 12.4 Å². The van der Waals surface area contributed by atoms with E-state index in [0.29, 0.717) is 12.1 Å². The molecule has 4 atom stereocenters. The zero-order chi connectivity index (χ0) is 36.9. The summed E-state index contributed by atoms with van der Waals surface area (Å²) in [6.07, 6.45) is 4.20. The molecule has 2 saturated heterocycles. The molecule has 2 fully saturated rings. The van der Waals surface area contributed by atoms with Gasteiger partial charge >= 0.3 is 0 Å². The highest BCUT2D eigenvalue weighted by atomic mass is 16.7. The molecule has 0 spiro atoms. The van der Waals surface area contributed by atoms with E-state index in [1.807, 2.05) is 60.7 Å². The Balaban J connectivity index is 0.983. The Hall–Kier alpha value is -5.59. The van der Waals surface area contributed by atoms with Crippen molar-refractivity contribution in [2.75, 3.05) is 37.6 Å². The third kappa shape index (κ3) is 7.99. The van der Waals surface area contributed by atoms with E-state index < -0.39 is 6.29 Å². The van der Waals surface area contributed by atoms with Gasteiger partial charge in [0, 0.05) is 63.1 Å². The number of fused-ring (bicyclic) bond motifs is 1. The van der Waals surface area contributed by atoms with Crippen LogP contribution in [0, 0.1) is 5.92 Å². The van der Waals surface area contributed by atoms with Crippen molar-refractivity contribution in [1.82, 2.24) is 30.2 Å². The Bertz CT molecular complexity index is 2190. The molecule has 4 heterocycles. The van der Waals surface area contributed by atoms with Gasteiger partial charge in [-0.15, -0.1) is 0 Å². The van der Waals surface area contributed by atoms with Gasteiger partial charge in [-0.2, -0.15) is 0 Å². The Labute approximate surface area is 314 Å². The highest BCUT2D eigenvalue weighted by molar-refractivity contribution is 5.93. The van der Waals surface area contributed by atoms with Crippen molar-refractivity contribution >= 4 is 22.9 Å². The maximum Gasteiger partial charge on any atom is 0.271 e. The first-order chi connectivity index (χ1) is 26.5. The number of anilines is 1. The van der Waals surface area contributed by atoms with E-state index in [1.165, 1.54) is 6.20 Å². The van der Waals surface area contributed by atoms with Crippen molar-refractivity contribution < 1.29 is 19.4 Å². The number of para-hydroxylation sites is 2. The van der Waals surface area contributed by atoms with Crippen LogP contribution in [0.1, 0.15) is 52.1 Å². The van der Waals surface area contributed by atoms with Crippen LogP contribution in [0.5, 0.6) is 0 Å². The van der Waals surface area contributed by atoms with Gasteiger partial charge in [-0.1, -0.05) is 79.7 Å². The highest BCUT2D eigenvalue weighted by Gasteiger charge is 2.39. The smallest absolute Gasteiger partial charge is 0.271 e. The van der Waals surface area contributed by atoms with Crippen LogP contribution >= 0.6 is 0 Å². The fourth-order valence-electron chi connectivity index (χ4n) is 7.23. The largest absolute Gasteiger partial charge is 0.392 e. The molecule has 4 aromatic carbocycles. The molecule has 274 valence electrons. The summed E-state index contributed by atoms with van der Waals surface area (Å²) in [5.41, 5.74) is 7.57. The van der Waals surface area contributed by atoms with E-state index in [-0.39, 0.29) is 36.3 Å². The van der Waals surface area contributed by atoms with Crippen molar-refractivity contribution in [3.05, 3.63) is 150 Å². The Morgan fingerprint density at radius 1 is 0.778 bits per heavy atom. The number of piperazine rings is 1. The van der Waals surface area contributed by atoms with E-state index >= 15 is 0 Å². The van der Waals surface area contributed by atoms with Gasteiger partial charge in [0.05, 0.1) is 36.0 Å². The number of ether oxygens (including phenoxy) is 2. The molecule has 0 aliphatic carbocycles. The Morgan fingerprint density at radius 2 is 1.52 bits per heavy atom. The average Bonchev–Trinajstić information content (AvgIpc) is 3.24. The number of nitrogens with one attached hydrogen (secondary N) is 1. The molecule has 2 aliphatic rings. The topological polar surface area (TPSA) is 126 Å². The summed E-state index contributed by atoms with van der Waals surface area (Å²) < 4.78 is 13.6. The molecule has 2 aliphatic heterocycles. The summed E-state index contributed by atoms with van der Waals surface area (Å²) in [6, 6.07) is 33.8. The number of hydrogen-bond acceptors (Lipinski definition) is 10. The van der Waals surface area contributed by atoms with Crippen LogP contribution < -0.4 is 10.2 Å². The molecular weight excluding hydrogens is 679 g/mol. The molecule has 2 aromatic heterocycles. The number of hydrogen-bond donors (Lipinski definition) is 2. The first-order valence-corrected chi connectivity index (χ1v) is 18.4. The number of aromatic nitrogens is 4. The van der Waals surface area contributed by atoms with Crippen LogP contribution in [-0.2, 0) is 22.6 Å². The van der Waals surface area contributed by atoms with Gasteiger partial charge in [0.1, 0.15) is 5.69 Å². The fraction of sp³-hybridized carbons (Fsp3) is 0.279. The van der Waals surface area contributed by atoms with Crippen LogP contribution in [0.25, 0.3) is 22.2 Å².